The minimum Gasteiger partial charge on any atom is -0.281 e. The van der Waals surface area contributed by atoms with Crippen LogP contribution in [0.15, 0.2) is 35.3 Å². The van der Waals surface area contributed by atoms with Crippen LogP contribution in [-0.2, 0) is 5.54 Å². The molecule has 1 aliphatic carbocycles. The maximum absolute atomic E-state index is 8.93. The third-order valence-electron chi connectivity index (χ3n) is 3.28. The summed E-state index contributed by atoms with van der Waals surface area (Å²) in [6.45, 7) is 9.00. The van der Waals surface area contributed by atoms with E-state index in [1.807, 2.05) is 30.3 Å². The van der Waals surface area contributed by atoms with E-state index in [-0.39, 0.29) is 12.0 Å². The van der Waals surface area contributed by atoms with Crippen molar-refractivity contribution in [3.63, 3.8) is 0 Å². The van der Waals surface area contributed by atoms with E-state index < -0.39 is 5.54 Å². The Morgan fingerprint density at radius 2 is 2.19 bits per heavy atom. The van der Waals surface area contributed by atoms with Crippen LogP contribution in [0.3, 0.4) is 0 Å². The van der Waals surface area contributed by atoms with Gasteiger partial charge in [-0.1, -0.05) is 35.2 Å². The molecule has 0 N–H and O–H groups in total. The highest BCUT2D eigenvalue weighted by molar-refractivity contribution is 5.41. The van der Waals surface area contributed by atoms with Crippen LogP contribution >= 0.6 is 0 Å². The lowest BCUT2D eigenvalue weighted by Crippen LogP contribution is -2.52. The fourth-order valence-corrected chi connectivity index (χ4v) is 2.35. The van der Waals surface area contributed by atoms with Crippen molar-refractivity contribution in [3.05, 3.63) is 40.7 Å². The van der Waals surface area contributed by atoms with Crippen molar-refractivity contribution in [2.75, 3.05) is 0 Å². The summed E-state index contributed by atoms with van der Waals surface area (Å²) in [6.07, 6.45) is 0.641. The molecule has 0 unspecified atom stereocenters. The van der Waals surface area contributed by atoms with Gasteiger partial charge in [0.25, 0.3) is 6.57 Å². The molecular weight excluding hydrogens is 198 g/mol. The summed E-state index contributed by atoms with van der Waals surface area (Å²) < 4.78 is 0. The maximum Gasteiger partial charge on any atom is 0.316 e. The molecule has 0 heterocycles. The van der Waals surface area contributed by atoms with Crippen molar-refractivity contribution in [2.24, 2.45) is 10.9 Å². The smallest absolute Gasteiger partial charge is 0.281 e. The lowest BCUT2D eigenvalue weighted by Gasteiger charge is -2.40. The van der Waals surface area contributed by atoms with E-state index in [1.54, 1.807) is 0 Å². The molecule has 1 fully saturated rings. The van der Waals surface area contributed by atoms with Crippen LogP contribution in [0, 0.1) is 23.8 Å². The Morgan fingerprint density at radius 1 is 1.50 bits per heavy atom. The number of nitriles is 1. The fraction of sp³-hybridized carbons (Fsp3) is 0.308. The Kier molecular flexibility index (Phi) is 2.46. The van der Waals surface area contributed by atoms with Crippen molar-refractivity contribution < 1.29 is 0 Å². The van der Waals surface area contributed by atoms with E-state index in [9.17, 15) is 0 Å². The van der Waals surface area contributed by atoms with Gasteiger partial charge in [-0.05, 0) is 12.3 Å². The van der Waals surface area contributed by atoms with E-state index >= 15 is 0 Å². The second kappa shape index (κ2) is 3.79. The molecule has 16 heavy (non-hydrogen) atoms. The van der Waals surface area contributed by atoms with Gasteiger partial charge in [0, 0.05) is 6.42 Å². The highest BCUT2D eigenvalue weighted by Crippen LogP contribution is 2.50. The van der Waals surface area contributed by atoms with Gasteiger partial charge in [0.05, 0.1) is 6.07 Å². The van der Waals surface area contributed by atoms with Gasteiger partial charge in [0.1, 0.15) is 5.92 Å². The average Bonchev–Trinajstić information content (AvgIpc) is 2.31. The molecule has 3 atom stereocenters. The first kappa shape index (κ1) is 10.4. The molecule has 3 heteroatoms. The lowest BCUT2D eigenvalue weighted by molar-refractivity contribution is 0.179. The van der Waals surface area contributed by atoms with Crippen LogP contribution in [0.2, 0.25) is 0 Å². The number of aliphatic imine (C=N–C) groups is 1. The minimum atomic E-state index is -0.504. The third-order valence-corrected chi connectivity index (χ3v) is 3.28. The molecule has 2 rings (SSSR count). The van der Waals surface area contributed by atoms with Gasteiger partial charge in [-0.3, -0.25) is 4.99 Å². The summed E-state index contributed by atoms with van der Waals surface area (Å²) in [4.78, 5) is 7.96. The monoisotopic (exact) mass is 210 g/mol. The number of benzene rings is 1. The van der Waals surface area contributed by atoms with Gasteiger partial charge in [-0.15, -0.1) is 0 Å². The SMILES string of the molecule is C#[N+][C@H]1[C@H](C#N)C[C@@]1(N=C)c1ccccc1. The van der Waals surface area contributed by atoms with E-state index in [1.165, 1.54) is 0 Å². The molecule has 1 aromatic rings. The van der Waals surface area contributed by atoms with Gasteiger partial charge in [0.15, 0.2) is 5.54 Å². The molecule has 0 amide bonds. The zero-order chi connectivity index (χ0) is 11.6. The Balaban J connectivity index is 2.42. The zero-order valence-electron chi connectivity index (χ0n) is 8.87. The first-order valence-corrected chi connectivity index (χ1v) is 5.11. The van der Waals surface area contributed by atoms with Crippen molar-refractivity contribution in [1.82, 2.24) is 0 Å². The summed E-state index contributed by atoms with van der Waals surface area (Å²) in [7, 11) is 0. The van der Waals surface area contributed by atoms with Crippen LogP contribution in [-0.4, -0.2) is 12.8 Å². The Hall–Kier alpha value is -2.13. The number of hydrogen-bond acceptors (Lipinski definition) is 2. The highest BCUT2D eigenvalue weighted by atomic mass is 15.0. The maximum atomic E-state index is 8.93. The molecule has 0 aromatic heterocycles. The largest absolute Gasteiger partial charge is 0.316 e. The molecule has 0 radical (unpaired) electrons. The van der Waals surface area contributed by atoms with E-state index in [2.05, 4.69) is 22.6 Å². The number of nitrogens with zero attached hydrogens (tertiary/aromatic N) is 3. The topological polar surface area (TPSA) is 40.5 Å². The predicted molar refractivity (Wildman–Crippen MR) is 63.5 cm³/mol. The molecule has 3 nitrogen and oxygen atoms in total. The van der Waals surface area contributed by atoms with Gasteiger partial charge < -0.3 is 0 Å². The summed E-state index contributed by atoms with van der Waals surface area (Å²) >= 11 is 0. The third kappa shape index (κ3) is 1.22. The molecular formula is C13H12N3+. The Morgan fingerprint density at radius 3 is 2.69 bits per heavy atom. The van der Waals surface area contributed by atoms with Crippen LogP contribution in [0.4, 0.5) is 0 Å². The van der Waals surface area contributed by atoms with Crippen molar-refractivity contribution in [3.8, 4) is 12.6 Å². The van der Waals surface area contributed by atoms with Crippen molar-refractivity contribution in [1.29, 1.82) is 5.26 Å². The Labute approximate surface area is 94.9 Å². The molecule has 1 aliphatic rings. The van der Waals surface area contributed by atoms with Gasteiger partial charge >= 0.3 is 6.04 Å². The van der Waals surface area contributed by atoms with Gasteiger partial charge in [-0.2, -0.15) is 5.26 Å². The number of hydrogen-bond donors (Lipinski definition) is 0. The van der Waals surface area contributed by atoms with Crippen LogP contribution in [0.1, 0.15) is 12.0 Å². The van der Waals surface area contributed by atoms with Gasteiger partial charge in [0.2, 0.25) is 0 Å². The molecule has 1 aromatic carbocycles. The Bertz CT molecular complexity index is 480. The van der Waals surface area contributed by atoms with Crippen LogP contribution in [0.5, 0.6) is 0 Å². The van der Waals surface area contributed by atoms with Crippen molar-refractivity contribution >= 4 is 6.72 Å². The van der Waals surface area contributed by atoms with E-state index in [4.69, 9.17) is 11.8 Å². The molecule has 0 aliphatic heterocycles. The first-order valence-electron chi connectivity index (χ1n) is 5.11. The fourth-order valence-electron chi connectivity index (χ4n) is 2.35. The summed E-state index contributed by atoms with van der Waals surface area (Å²) in [5, 5.41) is 8.93. The average molecular weight is 210 g/mol. The summed E-state index contributed by atoms with van der Waals surface area (Å²) in [5.41, 5.74) is 0.520. The molecule has 0 spiro atoms. The lowest BCUT2D eigenvalue weighted by atomic mass is 9.61. The van der Waals surface area contributed by atoms with Gasteiger partial charge in [-0.25, -0.2) is 0 Å². The second-order valence-electron chi connectivity index (χ2n) is 3.98. The predicted octanol–water partition coefficient (Wildman–Crippen LogP) is 2.46. The quantitative estimate of drug-likeness (QED) is 0.691. The van der Waals surface area contributed by atoms with Crippen LogP contribution < -0.4 is 0 Å². The second-order valence-corrected chi connectivity index (χ2v) is 3.98. The highest BCUT2D eigenvalue weighted by Gasteiger charge is 2.63. The molecule has 1 saturated carbocycles. The number of rotatable bonds is 2. The zero-order valence-corrected chi connectivity index (χ0v) is 8.87. The van der Waals surface area contributed by atoms with Crippen molar-refractivity contribution in [2.45, 2.75) is 18.0 Å². The first-order chi connectivity index (χ1) is 7.78. The minimum absolute atomic E-state index is 0.157. The molecule has 78 valence electrons. The van der Waals surface area contributed by atoms with E-state index in [0.29, 0.717) is 6.42 Å². The molecule has 0 saturated heterocycles. The van der Waals surface area contributed by atoms with Crippen LogP contribution in [0.25, 0.3) is 4.85 Å². The van der Waals surface area contributed by atoms with E-state index in [0.717, 1.165) is 5.56 Å². The summed E-state index contributed by atoms with van der Waals surface area (Å²) in [5.74, 6) is -0.157. The normalized spacial score (nSPS) is 31.9. The molecule has 0 bridgehead atoms. The standard InChI is InChI=1S/C13H12N3/c1-15-12-10(9-14)8-13(12,16-2)11-6-4-3-5-7-11/h1,3-7,10,12H,2,8H2/q+1/t10-,12-,13+/m0/s1. The summed E-state index contributed by atoms with van der Waals surface area (Å²) in [6, 6.07) is 11.7.